The number of hydrogen-bond acceptors (Lipinski definition) is 2. The fourth-order valence-electron chi connectivity index (χ4n) is 0.777. The molecule has 0 aliphatic heterocycles. The van der Waals surface area contributed by atoms with Gasteiger partial charge in [0.1, 0.15) is 5.76 Å². The van der Waals surface area contributed by atoms with Crippen molar-refractivity contribution in [2.24, 2.45) is 0 Å². The maximum absolute atomic E-state index is 5.20. The normalized spacial score (nSPS) is 11.5. The van der Waals surface area contributed by atoms with Crippen LogP contribution in [0.15, 0.2) is 41.5 Å². The van der Waals surface area contributed by atoms with Crippen LogP contribution < -0.4 is 0 Å². The Morgan fingerprint density at radius 2 is 2.55 bits per heavy atom. The smallest absolute Gasteiger partial charge is 0.140 e. The van der Waals surface area contributed by atoms with E-state index in [1.807, 2.05) is 24.5 Å². The van der Waals surface area contributed by atoms with Crippen LogP contribution in [0.25, 0.3) is 4.91 Å². The van der Waals surface area contributed by atoms with Gasteiger partial charge in [-0.2, -0.15) is 0 Å². The van der Waals surface area contributed by atoms with Gasteiger partial charge in [0.2, 0.25) is 0 Å². The summed E-state index contributed by atoms with van der Waals surface area (Å²) < 4.78 is 5.20. The summed E-state index contributed by atoms with van der Waals surface area (Å²) in [5.41, 5.74) is 0. The van der Waals surface area contributed by atoms with E-state index >= 15 is 0 Å². The fourth-order valence-corrected chi connectivity index (χ4v) is 1.33. The molecule has 58 valence electrons. The lowest BCUT2D eigenvalue weighted by atomic mass is 10.4. The molecule has 11 heavy (non-hydrogen) atoms. The standard InChI is InChI=1S/C9H10OS/c1-3-5-9(11-2)8-6-4-7-10-8/h3-7H,1H2,2H3/b9-5-. The maximum Gasteiger partial charge on any atom is 0.140 e. The van der Waals surface area contributed by atoms with Crippen molar-refractivity contribution in [2.45, 2.75) is 0 Å². The minimum atomic E-state index is 0.900. The van der Waals surface area contributed by atoms with Gasteiger partial charge in [-0.3, -0.25) is 0 Å². The summed E-state index contributed by atoms with van der Waals surface area (Å²) in [5, 5.41) is 0. The summed E-state index contributed by atoms with van der Waals surface area (Å²) in [7, 11) is 0. The van der Waals surface area contributed by atoms with Crippen molar-refractivity contribution in [3.05, 3.63) is 42.9 Å². The molecule has 1 rings (SSSR count). The summed E-state index contributed by atoms with van der Waals surface area (Å²) in [4.78, 5) is 1.10. The van der Waals surface area contributed by atoms with Gasteiger partial charge in [0.15, 0.2) is 0 Å². The minimum Gasteiger partial charge on any atom is -0.464 e. The van der Waals surface area contributed by atoms with Gasteiger partial charge in [-0.15, -0.1) is 11.8 Å². The van der Waals surface area contributed by atoms with E-state index in [-0.39, 0.29) is 0 Å². The van der Waals surface area contributed by atoms with E-state index < -0.39 is 0 Å². The van der Waals surface area contributed by atoms with Gasteiger partial charge in [-0.05, 0) is 24.5 Å². The molecule has 0 atom stereocenters. The van der Waals surface area contributed by atoms with Crippen LogP contribution in [0.3, 0.4) is 0 Å². The Kier molecular flexibility index (Phi) is 3.05. The molecule has 0 N–H and O–H groups in total. The van der Waals surface area contributed by atoms with E-state index in [0.717, 1.165) is 10.7 Å². The van der Waals surface area contributed by atoms with Crippen LogP contribution in [0.5, 0.6) is 0 Å². The maximum atomic E-state index is 5.20. The Morgan fingerprint density at radius 3 is 3.00 bits per heavy atom. The number of hydrogen-bond donors (Lipinski definition) is 0. The molecule has 0 fully saturated rings. The first-order valence-corrected chi connectivity index (χ1v) is 4.51. The Balaban J connectivity index is 2.88. The van der Waals surface area contributed by atoms with E-state index in [0.29, 0.717) is 0 Å². The van der Waals surface area contributed by atoms with E-state index in [4.69, 9.17) is 4.42 Å². The molecule has 0 spiro atoms. The van der Waals surface area contributed by atoms with E-state index in [9.17, 15) is 0 Å². The van der Waals surface area contributed by atoms with Crippen LogP contribution in [-0.2, 0) is 0 Å². The van der Waals surface area contributed by atoms with Crippen molar-refractivity contribution >= 4 is 16.7 Å². The highest BCUT2D eigenvalue weighted by molar-refractivity contribution is 8.07. The molecule has 0 bridgehead atoms. The van der Waals surface area contributed by atoms with Gasteiger partial charge in [0.25, 0.3) is 0 Å². The number of rotatable bonds is 3. The van der Waals surface area contributed by atoms with Gasteiger partial charge in [0.05, 0.1) is 6.26 Å². The predicted octanol–water partition coefficient (Wildman–Crippen LogP) is 3.17. The monoisotopic (exact) mass is 166 g/mol. The second-order valence-corrected chi connectivity index (χ2v) is 2.80. The molecule has 1 nitrogen and oxygen atoms in total. The number of thioether (sulfide) groups is 1. The van der Waals surface area contributed by atoms with Crippen LogP contribution in [0.4, 0.5) is 0 Å². The zero-order valence-electron chi connectivity index (χ0n) is 6.41. The quantitative estimate of drug-likeness (QED) is 0.640. The number of furan rings is 1. The lowest BCUT2D eigenvalue weighted by Crippen LogP contribution is -1.71. The molecule has 0 amide bonds. The third-order valence-electron chi connectivity index (χ3n) is 1.25. The average molecular weight is 166 g/mol. The van der Waals surface area contributed by atoms with Gasteiger partial charge >= 0.3 is 0 Å². The molecule has 1 heterocycles. The minimum absolute atomic E-state index is 0.900. The van der Waals surface area contributed by atoms with Crippen LogP contribution in [0.1, 0.15) is 5.76 Å². The molecular weight excluding hydrogens is 156 g/mol. The summed E-state index contributed by atoms with van der Waals surface area (Å²) in [6.07, 6.45) is 7.37. The second kappa shape index (κ2) is 4.09. The summed E-state index contributed by atoms with van der Waals surface area (Å²) in [6, 6.07) is 3.81. The molecule has 1 aromatic heterocycles. The van der Waals surface area contributed by atoms with Crippen LogP contribution in [-0.4, -0.2) is 6.26 Å². The first-order chi connectivity index (χ1) is 5.38. The van der Waals surface area contributed by atoms with Crippen molar-refractivity contribution in [2.75, 3.05) is 6.26 Å². The molecule has 0 aliphatic carbocycles. The molecule has 2 heteroatoms. The average Bonchev–Trinajstić information content (AvgIpc) is 2.52. The Bertz CT molecular complexity index is 247. The molecule has 0 aromatic carbocycles. The molecule has 0 unspecified atom stereocenters. The molecule has 0 saturated carbocycles. The zero-order valence-corrected chi connectivity index (χ0v) is 7.23. The van der Waals surface area contributed by atoms with Crippen molar-refractivity contribution in [3.8, 4) is 0 Å². The van der Waals surface area contributed by atoms with Crippen molar-refractivity contribution in [1.29, 1.82) is 0 Å². The lowest BCUT2D eigenvalue weighted by Gasteiger charge is -1.95. The predicted molar refractivity (Wildman–Crippen MR) is 50.4 cm³/mol. The highest BCUT2D eigenvalue weighted by Gasteiger charge is 1.99. The number of allylic oxidation sites excluding steroid dienone is 2. The van der Waals surface area contributed by atoms with Crippen LogP contribution in [0.2, 0.25) is 0 Å². The summed E-state index contributed by atoms with van der Waals surface area (Å²) in [5.74, 6) is 0.900. The molecule has 0 radical (unpaired) electrons. The van der Waals surface area contributed by atoms with Crippen molar-refractivity contribution < 1.29 is 4.42 Å². The molecule has 1 aromatic rings. The SMILES string of the molecule is C=C/C=C(\SC)c1ccco1. The topological polar surface area (TPSA) is 13.1 Å². The third-order valence-corrected chi connectivity index (χ3v) is 2.03. The lowest BCUT2D eigenvalue weighted by molar-refractivity contribution is 0.556. The van der Waals surface area contributed by atoms with Gasteiger partial charge in [0, 0.05) is 4.91 Å². The second-order valence-electron chi connectivity index (χ2n) is 1.95. The zero-order chi connectivity index (χ0) is 8.10. The third kappa shape index (κ3) is 2.02. The Labute approximate surface area is 70.8 Å². The van der Waals surface area contributed by atoms with Gasteiger partial charge in [-0.1, -0.05) is 12.7 Å². The fraction of sp³-hybridized carbons (Fsp3) is 0.111. The first kappa shape index (κ1) is 8.21. The molecular formula is C9H10OS. The molecule has 0 saturated heterocycles. The first-order valence-electron chi connectivity index (χ1n) is 3.29. The van der Waals surface area contributed by atoms with Gasteiger partial charge < -0.3 is 4.42 Å². The van der Waals surface area contributed by atoms with Crippen LogP contribution in [0, 0.1) is 0 Å². The highest BCUT2D eigenvalue weighted by Crippen LogP contribution is 2.24. The van der Waals surface area contributed by atoms with Gasteiger partial charge in [-0.25, -0.2) is 0 Å². The van der Waals surface area contributed by atoms with Crippen molar-refractivity contribution in [3.63, 3.8) is 0 Å². The summed E-state index contributed by atoms with van der Waals surface area (Å²) >= 11 is 1.65. The van der Waals surface area contributed by atoms with E-state index in [1.165, 1.54) is 0 Å². The Hall–Kier alpha value is -0.890. The summed E-state index contributed by atoms with van der Waals surface area (Å²) in [6.45, 7) is 3.63. The van der Waals surface area contributed by atoms with E-state index in [2.05, 4.69) is 6.58 Å². The van der Waals surface area contributed by atoms with Crippen LogP contribution >= 0.6 is 11.8 Å². The largest absolute Gasteiger partial charge is 0.464 e. The van der Waals surface area contributed by atoms with E-state index in [1.54, 1.807) is 24.1 Å². The van der Waals surface area contributed by atoms with Crippen molar-refractivity contribution in [1.82, 2.24) is 0 Å². The Morgan fingerprint density at radius 1 is 1.73 bits per heavy atom. The highest BCUT2D eigenvalue weighted by atomic mass is 32.2. The molecule has 0 aliphatic rings.